The molecule has 3 N–H and O–H groups in total. The fourth-order valence-electron chi connectivity index (χ4n) is 1.92. The fraction of sp³-hybridized carbons (Fsp3) is 0.133. The van der Waals surface area contributed by atoms with Crippen molar-refractivity contribution in [2.45, 2.75) is 11.8 Å². The monoisotopic (exact) mass is 303 g/mol. The van der Waals surface area contributed by atoms with Crippen molar-refractivity contribution in [2.24, 2.45) is 5.73 Å². The summed E-state index contributed by atoms with van der Waals surface area (Å²) >= 11 is 0. The molecule has 5 nitrogen and oxygen atoms in total. The van der Waals surface area contributed by atoms with E-state index in [2.05, 4.69) is 0 Å². The topological polar surface area (TPSA) is 87.2 Å². The molecule has 2 aromatic carbocycles. The number of anilines is 1. The van der Waals surface area contributed by atoms with Crippen molar-refractivity contribution >= 4 is 21.5 Å². The van der Waals surface area contributed by atoms with E-state index in [1.807, 2.05) is 13.0 Å². The SMILES string of the molecule is Cc1cccc(S(=O)(=O)N(C)c2ccc(C(=N)N)cc2)c1. The van der Waals surface area contributed by atoms with Crippen LogP contribution < -0.4 is 10.0 Å². The van der Waals surface area contributed by atoms with Crippen molar-refractivity contribution in [1.82, 2.24) is 0 Å². The van der Waals surface area contributed by atoms with Gasteiger partial charge in [0.15, 0.2) is 0 Å². The van der Waals surface area contributed by atoms with Gasteiger partial charge in [-0.3, -0.25) is 9.71 Å². The zero-order valence-corrected chi connectivity index (χ0v) is 12.7. The molecular formula is C15H17N3O2S. The zero-order valence-electron chi connectivity index (χ0n) is 11.9. The second kappa shape index (κ2) is 5.57. The van der Waals surface area contributed by atoms with Crippen molar-refractivity contribution < 1.29 is 8.42 Å². The van der Waals surface area contributed by atoms with Gasteiger partial charge in [-0.1, -0.05) is 12.1 Å². The predicted molar refractivity (Wildman–Crippen MR) is 84.2 cm³/mol. The molecule has 21 heavy (non-hydrogen) atoms. The summed E-state index contributed by atoms with van der Waals surface area (Å²) in [6, 6.07) is 13.3. The molecule has 0 unspecified atom stereocenters. The largest absolute Gasteiger partial charge is 0.384 e. The highest BCUT2D eigenvalue weighted by atomic mass is 32.2. The van der Waals surface area contributed by atoms with E-state index in [0.717, 1.165) is 5.56 Å². The highest BCUT2D eigenvalue weighted by Crippen LogP contribution is 2.22. The molecule has 0 spiro atoms. The lowest BCUT2D eigenvalue weighted by atomic mass is 10.2. The number of rotatable bonds is 4. The van der Waals surface area contributed by atoms with E-state index in [9.17, 15) is 8.42 Å². The minimum Gasteiger partial charge on any atom is -0.384 e. The smallest absolute Gasteiger partial charge is 0.264 e. The summed E-state index contributed by atoms with van der Waals surface area (Å²) in [6.07, 6.45) is 0. The second-order valence-corrected chi connectivity index (χ2v) is 6.72. The van der Waals surface area contributed by atoms with Crippen molar-refractivity contribution in [3.8, 4) is 0 Å². The Kier molecular flexibility index (Phi) is 3.99. The van der Waals surface area contributed by atoms with Gasteiger partial charge in [0.05, 0.1) is 10.6 Å². The zero-order chi connectivity index (χ0) is 15.6. The Labute approximate surface area is 124 Å². The predicted octanol–water partition coefficient (Wildman–Crippen LogP) is 2.10. The number of nitrogens with two attached hydrogens (primary N) is 1. The van der Waals surface area contributed by atoms with Crippen LogP contribution in [0.15, 0.2) is 53.4 Å². The average Bonchev–Trinajstić information content (AvgIpc) is 2.46. The van der Waals surface area contributed by atoms with E-state index < -0.39 is 10.0 Å². The number of nitrogens with zero attached hydrogens (tertiary/aromatic N) is 1. The molecule has 0 fully saturated rings. The molecule has 110 valence electrons. The third kappa shape index (κ3) is 3.05. The van der Waals surface area contributed by atoms with Gasteiger partial charge in [0.1, 0.15) is 5.84 Å². The van der Waals surface area contributed by atoms with Crippen molar-refractivity contribution in [1.29, 1.82) is 5.41 Å². The summed E-state index contributed by atoms with van der Waals surface area (Å²) in [6.45, 7) is 1.85. The Morgan fingerprint density at radius 1 is 1.14 bits per heavy atom. The van der Waals surface area contributed by atoms with Crippen LogP contribution in [0, 0.1) is 12.3 Å². The molecule has 0 amide bonds. The quantitative estimate of drug-likeness (QED) is 0.670. The number of nitrogen functional groups attached to an aromatic ring is 1. The molecule has 0 aliphatic rings. The highest BCUT2D eigenvalue weighted by Gasteiger charge is 2.21. The van der Waals surface area contributed by atoms with Crippen LogP contribution in [-0.2, 0) is 10.0 Å². The van der Waals surface area contributed by atoms with Gasteiger partial charge in [0.2, 0.25) is 0 Å². The van der Waals surface area contributed by atoms with Crippen molar-refractivity contribution in [3.05, 3.63) is 59.7 Å². The van der Waals surface area contributed by atoms with Crippen LogP contribution in [0.25, 0.3) is 0 Å². The van der Waals surface area contributed by atoms with E-state index in [1.165, 1.54) is 11.4 Å². The highest BCUT2D eigenvalue weighted by molar-refractivity contribution is 7.92. The van der Waals surface area contributed by atoms with E-state index >= 15 is 0 Å². The number of hydrogen-bond acceptors (Lipinski definition) is 3. The third-order valence-corrected chi connectivity index (χ3v) is 4.97. The van der Waals surface area contributed by atoms with E-state index in [-0.39, 0.29) is 10.7 Å². The minimum atomic E-state index is -3.60. The maximum Gasteiger partial charge on any atom is 0.264 e. The number of benzene rings is 2. The van der Waals surface area contributed by atoms with Crippen LogP contribution in [0.5, 0.6) is 0 Å². The van der Waals surface area contributed by atoms with E-state index in [4.69, 9.17) is 11.1 Å². The Morgan fingerprint density at radius 3 is 2.29 bits per heavy atom. The minimum absolute atomic E-state index is 0.0502. The molecule has 2 rings (SSSR count). The number of nitrogens with one attached hydrogen (secondary N) is 1. The lowest BCUT2D eigenvalue weighted by Gasteiger charge is -2.20. The van der Waals surface area contributed by atoms with Crippen LogP contribution in [0.4, 0.5) is 5.69 Å². The number of aryl methyl sites for hydroxylation is 1. The second-order valence-electron chi connectivity index (χ2n) is 4.75. The van der Waals surface area contributed by atoms with Crippen molar-refractivity contribution in [2.75, 3.05) is 11.4 Å². The number of sulfonamides is 1. The fourth-order valence-corrected chi connectivity index (χ4v) is 3.22. The first kappa shape index (κ1) is 15.1. The van der Waals surface area contributed by atoms with Gasteiger partial charge in [-0.2, -0.15) is 0 Å². The molecule has 0 bridgehead atoms. The molecule has 0 saturated heterocycles. The number of hydrogen-bond donors (Lipinski definition) is 2. The summed E-state index contributed by atoms with van der Waals surface area (Å²) in [5.74, 6) is -0.0502. The molecular weight excluding hydrogens is 286 g/mol. The summed E-state index contributed by atoms with van der Waals surface area (Å²) in [4.78, 5) is 0.251. The first-order valence-corrected chi connectivity index (χ1v) is 7.76. The maximum absolute atomic E-state index is 12.6. The molecule has 0 saturated carbocycles. The Morgan fingerprint density at radius 2 is 1.76 bits per heavy atom. The molecule has 0 radical (unpaired) electrons. The van der Waals surface area contributed by atoms with E-state index in [0.29, 0.717) is 11.3 Å². The molecule has 6 heteroatoms. The molecule has 0 aliphatic heterocycles. The van der Waals surface area contributed by atoms with Gasteiger partial charge in [0.25, 0.3) is 10.0 Å². The van der Waals surface area contributed by atoms with Crippen molar-refractivity contribution in [3.63, 3.8) is 0 Å². The first-order valence-electron chi connectivity index (χ1n) is 6.32. The first-order chi connectivity index (χ1) is 9.82. The van der Waals surface area contributed by atoms with Crippen LogP contribution in [0.3, 0.4) is 0 Å². The summed E-state index contributed by atoms with van der Waals surface area (Å²) in [7, 11) is -2.10. The Bertz CT molecular complexity index is 768. The van der Waals surface area contributed by atoms with Crippen LogP contribution in [-0.4, -0.2) is 21.3 Å². The van der Waals surface area contributed by atoms with Gasteiger partial charge in [-0.15, -0.1) is 0 Å². The number of amidine groups is 1. The summed E-state index contributed by atoms with van der Waals surface area (Å²) in [5, 5.41) is 7.34. The molecule has 0 aliphatic carbocycles. The van der Waals surface area contributed by atoms with E-state index in [1.54, 1.807) is 42.5 Å². The van der Waals surface area contributed by atoms with Crippen LogP contribution >= 0.6 is 0 Å². The molecule has 0 atom stereocenters. The average molecular weight is 303 g/mol. The normalized spacial score (nSPS) is 11.1. The van der Waals surface area contributed by atoms with Gasteiger partial charge in [-0.25, -0.2) is 8.42 Å². The molecule has 0 aromatic heterocycles. The summed E-state index contributed by atoms with van der Waals surface area (Å²) < 4.78 is 26.3. The van der Waals surface area contributed by atoms with Crippen LogP contribution in [0.2, 0.25) is 0 Å². The van der Waals surface area contributed by atoms with Gasteiger partial charge in [0, 0.05) is 12.6 Å². The van der Waals surface area contributed by atoms with Gasteiger partial charge in [-0.05, 0) is 48.9 Å². The molecule has 0 heterocycles. The lowest BCUT2D eigenvalue weighted by molar-refractivity contribution is 0.594. The third-order valence-electron chi connectivity index (χ3n) is 3.19. The van der Waals surface area contributed by atoms with Gasteiger partial charge < -0.3 is 5.73 Å². The summed E-state index contributed by atoms with van der Waals surface area (Å²) in [5.41, 5.74) is 7.34. The van der Waals surface area contributed by atoms with Gasteiger partial charge >= 0.3 is 0 Å². The standard InChI is InChI=1S/C15H17N3O2S/c1-11-4-3-5-14(10-11)21(19,20)18(2)13-8-6-12(7-9-13)15(16)17/h3-10H,1-2H3,(H3,16,17). The lowest BCUT2D eigenvalue weighted by Crippen LogP contribution is -2.26. The van der Waals surface area contributed by atoms with Crippen LogP contribution in [0.1, 0.15) is 11.1 Å². The molecule has 2 aromatic rings. The maximum atomic E-state index is 12.6. The Hall–Kier alpha value is -2.34. The Balaban J connectivity index is 2.38.